The molecule has 40 heavy (non-hydrogen) atoms. The molecule has 0 amide bonds. The smallest absolute Gasteiger partial charge is 0.00264 e. The largest absolute Gasteiger partial charge is 0.0616 e. The topological polar surface area (TPSA) is 0 Å². The summed E-state index contributed by atoms with van der Waals surface area (Å²) in [6, 6.07) is 54.0. The Morgan fingerprint density at radius 2 is 0.725 bits per heavy atom. The number of rotatable bonds is 2. The van der Waals surface area contributed by atoms with Crippen molar-refractivity contribution in [3.05, 3.63) is 146 Å². The first-order chi connectivity index (χ1) is 19.8. The second-order valence-electron chi connectivity index (χ2n) is 11.0. The molecule has 0 aliphatic heterocycles. The second-order valence-corrected chi connectivity index (χ2v) is 11.0. The van der Waals surface area contributed by atoms with Crippen molar-refractivity contribution >= 4 is 64.6 Å². The lowest BCUT2D eigenvalue weighted by molar-refractivity contribution is 1.65. The number of hydrogen-bond donors (Lipinski definition) is 0. The summed E-state index contributed by atoms with van der Waals surface area (Å²) in [6.45, 7) is 0. The van der Waals surface area contributed by atoms with Crippen LogP contribution in [0.3, 0.4) is 0 Å². The van der Waals surface area contributed by atoms with E-state index in [1.165, 1.54) is 86.9 Å². The van der Waals surface area contributed by atoms with Crippen molar-refractivity contribution < 1.29 is 0 Å². The first-order valence-electron chi connectivity index (χ1n) is 13.9. The fourth-order valence-corrected chi connectivity index (χ4v) is 6.81. The zero-order valence-corrected chi connectivity index (χ0v) is 21.9. The van der Waals surface area contributed by atoms with E-state index >= 15 is 0 Å². The lowest BCUT2D eigenvalue weighted by Crippen LogP contribution is -1.90. The van der Waals surface area contributed by atoms with E-state index in [1.807, 2.05) is 0 Å². The summed E-state index contributed by atoms with van der Waals surface area (Å²) in [7, 11) is 0. The number of benzene rings is 9. The zero-order valence-electron chi connectivity index (χ0n) is 21.9. The SMILES string of the molecule is c1ccc2cc(-c3cc4ccc5cccc6ccc(c3)c4c56)c(-c3ccc4c(ccc5ccccc54)c3)cc2c1. The average Bonchev–Trinajstić information content (AvgIpc) is 3.02. The predicted molar refractivity (Wildman–Crippen MR) is 174 cm³/mol. The number of fused-ring (bicyclic) bond motifs is 4. The van der Waals surface area contributed by atoms with Gasteiger partial charge in [0, 0.05) is 0 Å². The zero-order chi connectivity index (χ0) is 26.2. The summed E-state index contributed by atoms with van der Waals surface area (Å²) in [5.74, 6) is 0. The van der Waals surface area contributed by atoms with Crippen LogP contribution < -0.4 is 0 Å². The molecule has 0 aliphatic carbocycles. The normalized spacial score (nSPS) is 12.0. The molecule has 0 saturated carbocycles. The molecule has 0 nitrogen and oxygen atoms in total. The molecule has 0 heteroatoms. The van der Waals surface area contributed by atoms with E-state index in [9.17, 15) is 0 Å². The number of hydrogen-bond acceptors (Lipinski definition) is 0. The monoisotopic (exact) mass is 504 g/mol. The van der Waals surface area contributed by atoms with Gasteiger partial charge in [-0.05, 0) is 117 Å². The maximum absolute atomic E-state index is 2.39. The second kappa shape index (κ2) is 8.15. The van der Waals surface area contributed by atoms with Crippen LogP contribution in [-0.4, -0.2) is 0 Å². The first kappa shape index (κ1) is 21.7. The maximum Gasteiger partial charge on any atom is -0.00264 e. The Labute approximate surface area is 232 Å². The fraction of sp³-hybridized carbons (Fsp3) is 0. The highest BCUT2D eigenvalue weighted by Crippen LogP contribution is 2.42. The summed E-state index contributed by atoms with van der Waals surface area (Å²) in [5, 5.41) is 15.6. The third-order valence-corrected chi connectivity index (χ3v) is 8.72. The van der Waals surface area contributed by atoms with E-state index in [0.29, 0.717) is 0 Å². The van der Waals surface area contributed by atoms with Crippen LogP contribution in [-0.2, 0) is 0 Å². The van der Waals surface area contributed by atoms with Crippen molar-refractivity contribution in [1.82, 2.24) is 0 Å². The van der Waals surface area contributed by atoms with Crippen molar-refractivity contribution in [2.24, 2.45) is 0 Å². The van der Waals surface area contributed by atoms with Crippen LogP contribution in [0.4, 0.5) is 0 Å². The first-order valence-corrected chi connectivity index (χ1v) is 13.9. The van der Waals surface area contributed by atoms with Crippen molar-refractivity contribution in [3.8, 4) is 22.3 Å². The van der Waals surface area contributed by atoms with Crippen molar-refractivity contribution in [2.75, 3.05) is 0 Å². The van der Waals surface area contributed by atoms with Gasteiger partial charge in [0.1, 0.15) is 0 Å². The molecule has 0 spiro atoms. The van der Waals surface area contributed by atoms with Crippen molar-refractivity contribution in [1.29, 1.82) is 0 Å². The molecule has 0 heterocycles. The van der Waals surface area contributed by atoms with E-state index in [4.69, 9.17) is 0 Å². The molecule has 0 unspecified atom stereocenters. The van der Waals surface area contributed by atoms with Crippen LogP contribution >= 0.6 is 0 Å². The molecule has 9 rings (SSSR count). The Morgan fingerprint density at radius 3 is 1.45 bits per heavy atom. The molecular weight excluding hydrogens is 480 g/mol. The van der Waals surface area contributed by atoms with Gasteiger partial charge in [0.15, 0.2) is 0 Å². The molecule has 184 valence electrons. The summed E-state index contributed by atoms with van der Waals surface area (Å²) in [5.41, 5.74) is 5.03. The summed E-state index contributed by atoms with van der Waals surface area (Å²) >= 11 is 0. The summed E-state index contributed by atoms with van der Waals surface area (Å²) < 4.78 is 0. The highest BCUT2D eigenvalue weighted by atomic mass is 14.2. The van der Waals surface area contributed by atoms with Gasteiger partial charge in [0.25, 0.3) is 0 Å². The van der Waals surface area contributed by atoms with Crippen molar-refractivity contribution in [2.45, 2.75) is 0 Å². The molecule has 0 saturated heterocycles. The third kappa shape index (κ3) is 3.14. The van der Waals surface area contributed by atoms with E-state index < -0.39 is 0 Å². The van der Waals surface area contributed by atoms with Gasteiger partial charge in [-0.25, -0.2) is 0 Å². The minimum Gasteiger partial charge on any atom is -0.0616 e. The van der Waals surface area contributed by atoms with Crippen molar-refractivity contribution in [3.63, 3.8) is 0 Å². The Bertz CT molecular complexity index is 2360. The van der Waals surface area contributed by atoms with E-state index in [2.05, 4.69) is 146 Å². The van der Waals surface area contributed by atoms with Gasteiger partial charge in [0.2, 0.25) is 0 Å². The Morgan fingerprint density at radius 1 is 0.250 bits per heavy atom. The third-order valence-electron chi connectivity index (χ3n) is 8.72. The van der Waals surface area contributed by atoms with Gasteiger partial charge in [-0.2, -0.15) is 0 Å². The van der Waals surface area contributed by atoms with Crippen LogP contribution in [0.15, 0.2) is 146 Å². The van der Waals surface area contributed by atoms with Crippen LogP contribution in [0.25, 0.3) is 86.9 Å². The molecule has 0 bridgehead atoms. The van der Waals surface area contributed by atoms with E-state index in [0.717, 1.165) is 0 Å². The van der Waals surface area contributed by atoms with Gasteiger partial charge in [-0.15, -0.1) is 0 Å². The predicted octanol–water partition coefficient (Wildman–Crippen LogP) is 11.4. The molecule has 9 aromatic rings. The molecule has 9 aromatic carbocycles. The van der Waals surface area contributed by atoms with Crippen LogP contribution in [0.1, 0.15) is 0 Å². The minimum atomic E-state index is 1.24. The summed E-state index contributed by atoms with van der Waals surface area (Å²) in [6.07, 6.45) is 0. The molecule has 0 aliphatic rings. The average molecular weight is 505 g/mol. The molecule has 0 atom stereocenters. The van der Waals surface area contributed by atoms with Gasteiger partial charge in [-0.3, -0.25) is 0 Å². The van der Waals surface area contributed by atoms with Crippen LogP contribution in [0, 0.1) is 0 Å². The Kier molecular flexibility index (Phi) is 4.42. The Hall–Kier alpha value is -5.20. The van der Waals surface area contributed by atoms with Crippen LogP contribution in [0.2, 0.25) is 0 Å². The quantitative estimate of drug-likeness (QED) is 0.205. The molecular formula is C40H24. The minimum absolute atomic E-state index is 1.24. The molecule has 0 fully saturated rings. The highest BCUT2D eigenvalue weighted by molar-refractivity contribution is 6.24. The van der Waals surface area contributed by atoms with Gasteiger partial charge >= 0.3 is 0 Å². The van der Waals surface area contributed by atoms with Gasteiger partial charge in [-0.1, -0.05) is 115 Å². The van der Waals surface area contributed by atoms with Crippen LogP contribution in [0.5, 0.6) is 0 Å². The lowest BCUT2D eigenvalue weighted by Gasteiger charge is -2.16. The maximum atomic E-state index is 2.39. The summed E-state index contributed by atoms with van der Waals surface area (Å²) in [4.78, 5) is 0. The highest BCUT2D eigenvalue weighted by Gasteiger charge is 2.15. The van der Waals surface area contributed by atoms with E-state index in [-0.39, 0.29) is 0 Å². The molecule has 0 radical (unpaired) electrons. The molecule has 0 aromatic heterocycles. The fourth-order valence-electron chi connectivity index (χ4n) is 6.81. The van der Waals surface area contributed by atoms with Gasteiger partial charge in [0.05, 0.1) is 0 Å². The van der Waals surface area contributed by atoms with E-state index in [1.54, 1.807) is 0 Å². The van der Waals surface area contributed by atoms with Gasteiger partial charge < -0.3 is 0 Å². The Balaban J connectivity index is 1.33. The molecule has 0 N–H and O–H groups in total. The standard InChI is InChI=1S/C40H24/c1-2-8-29-24-38(34-21-32-16-13-26-9-5-10-27-14-17-33(22-34)40(32)39(26)27)37(23-28(29)7-1)31-18-19-36-30(20-31)15-12-25-6-3-4-11-35(25)36/h1-24H. The lowest BCUT2D eigenvalue weighted by atomic mass is 9.87.